The molecule has 0 fully saturated rings. The molecule has 7 heteroatoms. The molecule has 0 aliphatic carbocycles. The van der Waals surface area contributed by atoms with Crippen LogP contribution in [0.25, 0.3) is 0 Å². The van der Waals surface area contributed by atoms with Gasteiger partial charge in [-0.15, -0.1) is 0 Å². The van der Waals surface area contributed by atoms with Crippen LogP contribution in [0.5, 0.6) is 0 Å². The van der Waals surface area contributed by atoms with Crippen molar-refractivity contribution < 1.29 is 17.9 Å². The lowest BCUT2D eigenvalue weighted by atomic mass is 10.0. The number of nitrogens with one attached hydrogen (secondary N) is 1. The summed E-state index contributed by atoms with van der Waals surface area (Å²) in [6, 6.07) is 11.7. The van der Waals surface area contributed by atoms with Crippen LogP contribution in [0.15, 0.2) is 47.4 Å². The van der Waals surface area contributed by atoms with Crippen LogP contribution in [-0.4, -0.2) is 21.5 Å². The van der Waals surface area contributed by atoms with Crippen LogP contribution >= 0.6 is 11.6 Å². The first kappa shape index (κ1) is 19.4. The Hall–Kier alpha value is -1.89. The van der Waals surface area contributed by atoms with Crippen molar-refractivity contribution >= 4 is 27.6 Å². The van der Waals surface area contributed by atoms with E-state index in [4.69, 9.17) is 11.6 Å². The number of rotatable bonds is 6. The van der Waals surface area contributed by atoms with E-state index < -0.39 is 16.0 Å². The highest BCUT2D eigenvalue weighted by molar-refractivity contribution is 7.89. The van der Waals surface area contributed by atoms with E-state index in [1.807, 2.05) is 24.3 Å². The minimum Gasteiger partial charge on any atom is -0.465 e. The number of hydrogen-bond acceptors (Lipinski definition) is 4. The standard InChI is InChI=1S/C18H20ClNO4S/c1-12(2)14-6-4-13(5-7-14)11-20-25(22,23)17-10-15(18(21)24-3)8-9-16(17)19/h4-10,12,20H,11H2,1-3H3. The second-order valence-corrected chi connectivity index (χ2v) is 8.00. The van der Waals surface area contributed by atoms with E-state index in [-0.39, 0.29) is 22.0 Å². The van der Waals surface area contributed by atoms with E-state index in [0.29, 0.717) is 5.92 Å². The van der Waals surface area contributed by atoms with Crippen molar-refractivity contribution in [1.29, 1.82) is 0 Å². The quantitative estimate of drug-likeness (QED) is 0.774. The predicted molar refractivity (Wildman–Crippen MR) is 97.3 cm³/mol. The molecule has 2 rings (SSSR count). The molecular weight excluding hydrogens is 362 g/mol. The van der Waals surface area contributed by atoms with Crippen LogP contribution in [0.2, 0.25) is 5.02 Å². The smallest absolute Gasteiger partial charge is 0.337 e. The molecule has 0 bridgehead atoms. The number of carbonyl (C=O) groups excluding carboxylic acids is 1. The van der Waals surface area contributed by atoms with Gasteiger partial charge >= 0.3 is 5.97 Å². The van der Waals surface area contributed by atoms with Gasteiger partial charge in [0.15, 0.2) is 0 Å². The predicted octanol–water partition coefficient (Wildman–Crippen LogP) is 3.73. The summed E-state index contributed by atoms with van der Waals surface area (Å²) in [5.74, 6) is -0.219. The molecule has 0 saturated carbocycles. The fourth-order valence-corrected chi connectivity index (χ4v) is 3.77. The lowest BCUT2D eigenvalue weighted by Gasteiger charge is -2.11. The molecule has 0 aromatic heterocycles. The maximum absolute atomic E-state index is 12.5. The van der Waals surface area contributed by atoms with Crippen LogP contribution in [0.4, 0.5) is 0 Å². The van der Waals surface area contributed by atoms with Gasteiger partial charge in [-0.05, 0) is 35.2 Å². The van der Waals surface area contributed by atoms with Gasteiger partial charge < -0.3 is 4.74 Å². The van der Waals surface area contributed by atoms with Crippen molar-refractivity contribution in [3.8, 4) is 0 Å². The van der Waals surface area contributed by atoms with Crippen LogP contribution in [0.1, 0.15) is 41.3 Å². The summed E-state index contributed by atoms with van der Waals surface area (Å²) in [5, 5.41) is 0.0373. The largest absolute Gasteiger partial charge is 0.465 e. The van der Waals surface area contributed by atoms with Crippen molar-refractivity contribution in [2.45, 2.75) is 31.2 Å². The average molecular weight is 382 g/mol. The van der Waals surface area contributed by atoms with E-state index in [0.717, 1.165) is 5.56 Å². The Morgan fingerprint density at radius 1 is 1.16 bits per heavy atom. The molecule has 0 aliphatic rings. The van der Waals surface area contributed by atoms with Gasteiger partial charge in [0.2, 0.25) is 10.0 Å². The van der Waals surface area contributed by atoms with Gasteiger partial charge in [-0.3, -0.25) is 0 Å². The Balaban J connectivity index is 2.20. The minimum absolute atomic E-state index is 0.0373. The lowest BCUT2D eigenvalue weighted by Crippen LogP contribution is -2.24. The Labute approximate surface area is 153 Å². The van der Waals surface area contributed by atoms with E-state index in [1.165, 1.54) is 30.9 Å². The first-order valence-electron chi connectivity index (χ1n) is 7.71. The lowest BCUT2D eigenvalue weighted by molar-refractivity contribution is 0.0600. The molecule has 0 amide bonds. The van der Waals surface area contributed by atoms with Gasteiger partial charge in [-0.2, -0.15) is 0 Å². The number of esters is 1. The third-order valence-corrected chi connectivity index (χ3v) is 5.64. The molecule has 5 nitrogen and oxygen atoms in total. The van der Waals surface area contributed by atoms with Gasteiger partial charge in [0.05, 0.1) is 17.7 Å². The Kier molecular flexibility index (Phi) is 6.21. The molecule has 1 N–H and O–H groups in total. The summed E-state index contributed by atoms with van der Waals surface area (Å²) in [6.07, 6.45) is 0. The average Bonchev–Trinajstić information content (AvgIpc) is 2.60. The highest BCUT2D eigenvalue weighted by Crippen LogP contribution is 2.23. The summed E-state index contributed by atoms with van der Waals surface area (Å²) >= 11 is 5.99. The van der Waals surface area contributed by atoms with Gasteiger partial charge in [0.25, 0.3) is 0 Å². The fraction of sp³-hybridized carbons (Fsp3) is 0.278. The maximum Gasteiger partial charge on any atom is 0.337 e. The Bertz CT molecular complexity index is 861. The van der Waals surface area contributed by atoms with Crippen molar-refractivity contribution in [2.75, 3.05) is 7.11 Å². The molecule has 2 aromatic rings. The maximum atomic E-state index is 12.5. The molecule has 0 unspecified atom stereocenters. The van der Waals surface area contributed by atoms with Gasteiger partial charge in [0.1, 0.15) is 4.90 Å². The highest BCUT2D eigenvalue weighted by atomic mass is 35.5. The summed E-state index contributed by atoms with van der Waals surface area (Å²) in [4.78, 5) is 11.4. The third-order valence-electron chi connectivity index (χ3n) is 3.75. The zero-order valence-electron chi connectivity index (χ0n) is 14.2. The molecule has 0 radical (unpaired) electrons. The normalized spacial score (nSPS) is 11.6. The van der Waals surface area contributed by atoms with E-state index in [9.17, 15) is 13.2 Å². The van der Waals surface area contributed by atoms with Crippen LogP contribution < -0.4 is 4.72 Å². The van der Waals surface area contributed by atoms with Crippen LogP contribution in [0, 0.1) is 0 Å². The van der Waals surface area contributed by atoms with Crippen molar-refractivity contribution in [2.24, 2.45) is 0 Å². The van der Waals surface area contributed by atoms with Crippen LogP contribution in [-0.2, 0) is 21.3 Å². The van der Waals surface area contributed by atoms with Gasteiger partial charge in [0, 0.05) is 6.54 Å². The molecule has 0 spiro atoms. The molecule has 0 heterocycles. The number of ether oxygens (including phenoxy) is 1. The summed E-state index contributed by atoms with van der Waals surface area (Å²) in [5.41, 5.74) is 2.13. The number of carbonyl (C=O) groups is 1. The SMILES string of the molecule is COC(=O)c1ccc(Cl)c(S(=O)(=O)NCc2ccc(C(C)C)cc2)c1. The highest BCUT2D eigenvalue weighted by Gasteiger charge is 2.20. The van der Waals surface area contributed by atoms with Gasteiger partial charge in [-0.25, -0.2) is 17.9 Å². The first-order valence-corrected chi connectivity index (χ1v) is 9.57. The second kappa shape index (κ2) is 7.99. The zero-order chi connectivity index (χ0) is 18.6. The number of methoxy groups -OCH3 is 1. The van der Waals surface area contributed by atoms with Crippen molar-refractivity contribution in [1.82, 2.24) is 4.72 Å². The molecule has 25 heavy (non-hydrogen) atoms. The number of hydrogen-bond donors (Lipinski definition) is 1. The van der Waals surface area contributed by atoms with E-state index >= 15 is 0 Å². The van der Waals surface area contributed by atoms with Gasteiger partial charge in [-0.1, -0.05) is 49.7 Å². The molecule has 0 atom stereocenters. The topological polar surface area (TPSA) is 72.5 Å². The van der Waals surface area contributed by atoms with Crippen LogP contribution in [0.3, 0.4) is 0 Å². The monoisotopic (exact) mass is 381 g/mol. The van der Waals surface area contributed by atoms with E-state index in [1.54, 1.807) is 0 Å². The molecular formula is C18H20ClNO4S. The molecule has 0 saturated heterocycles. The molecule has 0 aliphatic heterocycles. The summed E-state index contributed by atoms with van der Waals surface area (Å²) in [6.45, 7) is 4.31. The third kappa shape index (κ3) is 4.81. The number of sulfonamides is 1. The first-order chi connectivity index (χ1) is 11.7. The zero-order valence-corrected chi connectivity index (χ0v) is 15.8. The Morgan fingerprint density at radius 2 is 1.80 bits per heavy atom. The summed E-state index contributed by atoms with van der Waals surface area (Å²) < 4.78 is 32.1. The number of benzene rings is 2. The summed E-state index contributed by atoms with van der Waals surface area (Å²) in [7, 11) is -2.64. The van der Waals surface area contributed by atoms with Crippen molar-refractivity contribution in [3.05, 3.63) is 64.2 Å². The fourth-order valence-electron chi connectivity index (χ4n) is 2.23. The second-order valence-electron chi connectivity index (χ2n) is 5.86. The van der Waals surface area contributed by atoms with E-state index in [2.05, 4.69) is 23.3 Å². The molecule has 134 valence electrons. The van der Waals surface area contributed by atoms with Crippen molar-refractivity contribution in [3.63, 3.8) is 0 Å². The minimum atomic E-state index is -3.87. The molecule has 2 aromatic carbocycles. The number of halogens is 1. The Morgan fingerprint density at radius 3 is 2.36 bits per heavy atom.